The highest BCUT2D eigenvalue weighted by Crippen LogP contribution is 2.21. The SMILES string of the molecule is C=CCCCN(C)c1cc(C#N)c2ccccc2n1. The van der Waals surface area contributed by atoms with Crippen molar-refractivity contribution < 1.29 is 0 Å². The van der Waals surface area contributed by atoms with E-state index in [0.29, 0.717) is 5.56 Å². The van der Waals surface area contributed by atoms with E-state index in [2.05, 4.69) is 22.5 Å². The van der Waals surface area contributed by atoms with E-state index in [1.807, 2.05) is 43.5 Å². The van der Waals surface area contributed by atoms with Crippen molar-refractivity contribution in [1.82, 2.24) is 4.98 Å². The molecule has 1 aromatic carbocycles. The predicted molar refractivity (Wildman–Crippen MR) is 79.2 cm³/mol. The number of hydrogen-bond donors (Lipinski definition) is 0. The van der Waals surface area contributed by atoms with Gasteiger partial charge in [0.1, 0.15) is 5.82 Å². The quantitative estimate of drug-likeness (QED) is 0.603. The van der Waals surface area contributed by atoms with Crippen LogP contribution in [0.25, 0.3) is 10.9 Å². The molecule has 0 bridgehead atoms. The third-order valence-corrected chi connectivity index (χ3v) is 3.12. The molecule has 0 amide bonds. The van der Waals surface area contributed by atoms with E-state index in [-0.39, 0.29) is 0 Å². The fourth-order valence-corrected chi connectivity index (χ4v) is 2.04. The largest absolute Gasteiger partial charge is 0.360 e. The van der Waals surface area contributed by atoms with E-state index in [1.54, 1.807) is 0 Å². The summed E-state index contributed by atoms with van der Waals surface area (Å²) in [6.45, 7) is 4.63. The monoisotopic (exact) mass is 251 g/mol. The Hall–Kier alpha value is -2.34. The highest BCUT2D eigenvalue weighted by Gasteiger charge is 2.08. The number of unbranched alkanes of at least 4 members (excludes halogenated alkanes) is 1. The minimum absolute atomic E-state index is 0.677. The molecule has 3 heteroatoms. The summed E-state index contributed by atoms with van der Waals surface area (Å²) in [5.74, 6) is 0.847. The molecule has 0 aliphatic heterocycles. The zero-order valence-electron chi connectivity index (χ0n) is 11.1. The number of para-hydroxylation sites is 1. The van der Waals surface area contributed by atoms with E-state index in [4.69, 9.17) is 0 Å². The van der Waals surface area contributed by atoms with Crippen LogP contribution in [0.1, 0.15) is 18.4 Å². The Bertz CT molecular complexity index is 625. The first kappa shape index (κ1) is 13.1. The van der Waals surface area contributed by atoms with Crippen molar-refractivity contribution in [3.8, 4) is 6.07 Å². The van der Waals surface area contributed by atoms with Gasteiger partial charge < -0.3 is 4.90 Å². The summed E-state index contributed by atoms with van der Waals surface area (Å²) >= 11 is 0. The summed E-state index contributed by atoms with van der Waals surface area (Å²) in [5.41, 5.74) is 1.54. The van der Waals surface area contributed by atoms with Crippen LogP contribution in [0.5, 0.6) is 0 Å². The van der Waals surface area contributed by atoms with Crippen molar-refractivity contribution in [2.45, 2.75) is 12.8 Å². The number of pyridine rings is 1. The minimum atomic E-state index is 0.677. The summed E-state index contributed by atoms with van der Waals surface area (Å²) in [6.07, 6.45) is 3.95. The van der Waals surface area contributed by atoms with Crippen LogP contribution in [0, 0.1) is 11.3 Å². The van der Waals surface area contributed by atoms with Crippen molar-refractivity contribution in [3.63, 3.8) is 0 Å². The molecular formula is C16H17N3. The van der Waals surface area contributed by atoms with Gasteiger partial charge in [0.15, 0.2) is 0 Å². The van der Waals surface area contributed by atoms with E-state index in [9.17, 15) is 5.26 Å². The number of fused-ring (bicyclic) bond motifs is 1. The van der Waals surface area contributed by atoms with Crippen LogP contribution in [0.15, 0.2) is 43.0 Å². The van der Waals surface area contributed by atoms with Gasteiger partial charge in [-0.15, -0.1) is 6.58 Å². The Kier molecular flexibility index (Phi) is 4.15. The lowest BCUT2D eigenvalue weighted by Crippen LogP contribution is -2.19. The molecular weight excluding hydrogens is 234 g/mol. The third kappa shape index (κ3) is 2.92. The number of benzene rings is 1. The van der Waals surface area contributed by atoms with Gasteiger partial charge in [-0.05, 0) is 25.0 Å². The number of nitrogens with zero attached hydrogens (tertiary/aromatic N) is 3. The number of rotatable bonds is 5. The molecule has 2 aromatic rings. The van der Waals surface area contributed by atoms with E-state index in [0.717, 1.165) is 36.1 Å². The van der Waals surface area contributed by atoms with Crippen LogP contribution < -0.4 is 4.90 Å². The molecule has 0 aliphatic rings. The van der Waals surface area contributed by atoms with E-state index >= 15 is 0 Å². The maximum absolute atomic E-state index is 9.25. The number of aromatic nitrogens is 1. The molecule has 1 aromatic heterocycles. The molecule has 0 spiro atoms. The molecule has 2 rings (SSSR count). The lowest BCUT2D eigenvalue weighted by molar-refractivity contribution is 0.794. The number of allylic oxidation sites excluding steroid dienone is 1. The average Bonchev–Trinajstić information content (AvgIpc) is 2.46. The summed E-state index contributed by atoms with van der Waals surface area (Å²) in [4.78, 5) is 6.69. The Morgan fingerprint density at radius 2 is 2.21 bits per heavy atom. The van der Waals surface area contributed by atoms with Gasteiger partial charge in [-0.2, -0.15) is 5.26 Å². The summed E-state index contributed by atoms with van der Waals surface area (Å²) < 4.78 is 0. The Balaban J connectivity index is 2.34. The van der Waals surface area contributed by atoms with Gasteiger partial charge in [0.05, 0.1) is 17.1 Å². The van der Waals surface area contributed by atoms with Crippen LogP contribution in [0.4, 0.5) is 5.82 Å². The minimum Gasteiger partial charge on any atom is -0.360 e. The Morgan fingerprint density at radius 3 is 2.95 bits per heavy atom. The van der Waals surface area contributed by atoms with Crippen LogP contribution in [0.2, 0.25) is 0 Å². The van der Waals surface area contributed by atoms with Gasteiger partial charge in [-0.1, -0.05) is 24.3 Å². The van der Waals surface area contributed by atoms with Crippen molar-refractivity contribution in [2.75, 3.05) is 18.5 Å². The normalized spacial score (nSPS) is 10.1. The van der Waals surface area contributed by atoms with Gasteiger partial charge in [0.2, 0.25) is 0 Å². The molecule has 0 saturated heterocycles. The van der Waals surface area contributed by atoms with Crippen LogP contribution in [-0.4, -0.2) is 18.6 Å². The van der Waals surface area contributed by atoms with Gasteiger partial charge in [0.25, 0.3) is 0 Å². The topological polar surface area (TPSA) is 39.9 Å². The van der Waals surface area contributed by atoms with Gasteiger partial charge >= 0.3 is 0 Å². The molecule has 96 valence electrons. The molecule has 3 nitrogen and oxygen atoms in total. The van der Waals surface area contributed by atoms with Gasteiger partial charge in [0, 0.05) is 19.0 Å². The fraction of sp³-hybridized carbons (Fsp3) is 0.250. The van der Waals surface area contributed by atoms with E-state index in [1.165, 1.54) is 0 Å². The van der Waals surface area contributed by atoms with Crippen molar-refractivity contribution in [2.24, 2.45) is 0 Å². The third-order valence-electron chi connectivity index (χ3n) is 3.12. The molecule has 0 unspecified atom stereocenters. The summed E-state index contributed by atoms with van der Waals surface area (Å²) in [6, 6.07) is 11.9. The van der Waals surface area contributed by atoms with Crippen LogP contribution in [-0.2, 0) is 0 Å². The first-order valence-electron chi connectivity index (χ1n) is 6.38. The van der Waals surface area contributed by atoms with Crippen molar-refractivity contribution >= 4 is 16.7 Å². The first-order valence-corrected chi connectivity index (χ1v) is 6.38. The number of anilines is 1. The fourth-order valence-electron chi connectivity index (χ4n) is 2.04. The number of hydrogen-bond acceptors (Lipinski definition) is 3. The molecule has 0 radical (unpaired) electrons. The lowest BCUT2D eigenvalue weighted by Gasteiger charge is -2.18. The number of nitriles is 1. The molecule has 0 aliphatic carbocycles. The lowest BCUT2D eigenvalue weighted by atomic mass is 10.1. The summed E-state index contributed by atoms with van der Waals surface area (Å²) in [5, 5.41) is 10.2. The smallest absolute Gasteiger partial charge is 0.130 e. The van der Waals surface area contributed by atoms with Crippen LogP contribution >= 0.6 is 0 Å². The molecule has 0 N–H and O–H groups in total. The second-order valence-electron chi connectivity index (χ2n) is 4.51. The molecule has 0 atom stereocenters. The van der Waals surface area contributed by atoms with Crippen LogP contribution in [0.3, 0.4) is 0 Å². The summed E-state index contributed by atoms with van der Waals surface area (Å²) in [7, 11) is 2.00. The molecule has 1 heterocycles. The second-order valence-corrected chi connectivity index (χ2v) is 4.51. The Labute approximate surface area is 113 Å². The zero-order chi connectivity index (χ0) is 13.7. The van der Waals surface area contributed by atoms with Crippen molar-refractivity contribution in [3.05, 3.63) is 48.6 Å². The maximum Gasteiger partial charge on any atom is 0.130 e. The average molecular weight is 251 g/mol. The van der Waals surface area contributed by atoms with E-state index < -0.39 is 0 Å². The van der Waals surface area contributed by atoms with Gasteiger partial charge in [-0.25, -0.2) is 4.98 Å². The maximum atomic E-state index is 9.25. The Morgan fingerprint density at radius 1 is 1.42 bits per heavy atom. The highest BCUT2D eigenvalue weighted by atomic mass is 15.2. The van der Waals surface area contributed by atoms with Crippen molar-refractivity contribution in [1.29, 1.82) is 5.26 Å². The standard InChI is InChI=1S/C16H17N3/c1-3-4-7-10-19(2)16-11-13(12-17)14-8-5-6-9-15(14)18-16/h3,5-6,8-9,11H,1,4,7,10H2,2H3. The predicted octanol–water partition coefficient (Wildman–Crippen LogP) is 3.51. The zero-order valence-corrected chi connectivity index (χ0v) is 11.1. The second kappa shape index (κ2) is 6.01. The van der Waals surface area contributed by atoms with Gasteiger partial charge in [-0.3, -0.25) is 0 Å². The first-order chi connectivity index (χ1) is 9.26. The molecule has 0 saturated carbocycles. The highest BCUT2D eigenvalue weighted by molar-refractivity contribution is 5.86. The molecule has 0 fully saturated rings. The molecule has 19 heavy (non-hydrogen) atoms.